The molecule has 0 saturated carbocycles. The minimum absolute atomic E-state index is 0.0364. The van der Waals surface area contributed by atoms with Gasteiger partial charge in [0.05, 0.1) is 13.2 Å². The van der Waals surface area contributed by atoms with Gasteiger partial charge in [0.25, 0.3) is 5.91 Å². The van der Waals surface area contributed by atoms with Crippen molar-refractivity contribution in [1.82, 2.24) is 4.57 Å². The maximum atomic E-state index is 13.6. The molecule has 3 aromatic carbocycles. The number of amides is 2. The lowest BCUT2D eigenvalue weighted by atomic mass is 9.89. The van der Waals surface area contributed by atoms with E-state index >= 15 is 0 Å². The molecule has 0 saturated heterocycles. The molecule has 1 aliphatic rings. The molecule has 0 N–H and O–H groups in total. The lowest BCUT2D eigenvalue weighted by molar-refractivity contribution is -0.117. The van der Waals surface area contributed by atoms with Crippen LogP contribution in [-0.2, 0) is 4.79 Å². The predicted octanol–water partition coefficient (Wildman–Crippen LogP) is 6.02. The summed E-state index contributed by atoms with van der Waals surface area (Å²) >= 11 is 0. The molecule has 0 bridgehead atoms. The smallest absolute Gasteiger partial charge is 0.258 e. The van der Waals surface area contributed by atoms with Crippen molar-refractivity contribution in [2.45, 2.75) is 32.4 Å². The Morgan fingerprint density at radius 3 is 2.19 bits per heavy atom. The molecule has 182 valence electrons. The summed E-state index contributed by atoms with van der Waals surface area (Å²) in [5.74, 6) is 0.603. The summed E-state index contributed by atoms with van der Waals surface area (Å²) in [5.41, 5.74) is 4.25. The minimum Gasteiger partial charge on any atom is -0.497 e. The molecule has 0 spiro atoms. The molecule has 1 aliphatic heterocycles. The molecule has 6 nitrogen and oxygen atoms in total. The highest BCUT2D eigenvalue weighted by Crippen LogP contribution is 2.42. The lowest BCUT2D eigenvalue weighted by Crippen LogP contribution is -2.47. The number of aromatic nitrogens is 1. The van der Waals surface area contributed by atoms with Crippen molar-refractivity contribution in [3.8, 4) is 11.4 Å². The van der Waals surface area contributed by atoms with Crippen molar-refractivity contribution in [3.63, 3.8) is 0 Å². The van der Waals surface area contributed by atoms with Crippen LogP contribution in [0, 0.1) is 0 Å². The number of nitrogens with zero attached hydrogens (tertiary/aromatic N) is 3. The summed E-state index contributed by atoms with van der Waals surface area (Å²) < 4.78 is 7.27. The molecule has 2 atom stereocenters. The third-order valence-corrected chi connectivity index (χ3v) is 6.80. The average molecular weight is 480 g/mol. The first-order valence-electron chi connectivity index (χ1n) is 12.1. The molecule has 1 aromatic heterocycles. The molecular weight excluding hydrogens is 450 g/mol. The largest absolute Gasteiger partial charge is 0.497 e. The maximum Gasteiger partial charge on any atom is 0.258 e. The van der Waals surface area contributed by atoms with E-state index in [1.54, 1.807) is 38.3 Å². The van der Waals surface area contributed by atoms with Crippen LogP contribution in [0.4, 0.5) is 11.4 Å². The molecule has 4 aromatic rings. The van der Waals surface area contributed by atoms with E-state index in [2.05, 4.69) is 0 Å². The van der Waals surface area contributed by atoms with Gasteiger partial charge in [-0.05, 0) is 85.6 Å². The third-order valence-electron chi connectivity index (χ3n) is 6.80. The van der Waals surface area contributed by atoms with Crippen LogP contribution in [0.5, 0.6) is 5.75 Å². The fourth-order valence-electron chi connectivity index (χ4n) is 5.08. The first-order valence-corrected chi connectivity index (χ1v) is 12.1. The molecule has 0 unspecified atom stereocenters. The lowest BCUT2D eigenvalue weighted by Gasteiger charge is -2.43. The minimum atomic E-state index is -0.189. The zero-order valence-corrected chi connectivity index (χ0v) is 20.7. The number of hydrogen-bond donors (Lipinski definition) is 0. The van der Waals surface area contributed by atoms with Gasteiger partial charge in [-0.15, -0.1) is 0 Å². The van der Waals surface area contributed by atoms with Gasteiger partial charge in [-0.2, -0.15) is 0 Å². The van der Waals surface area contributed by atoms with Crippen LogP contribution < -0.4 is 14.5 Å². The van der Waals surface area contributed by atoms with E-state index in [1.807, 2.05) is 94.3 Å². The van der Waals surface area contributed by atoms with Crippen molar-refractivity contribution >= 4 is 23.2 Å². The van der Waals surface area contributed by atoms with E-state index in [-0.39, 0.29) is 23.9 Å². The summed E-state index contributed by atoms with van der Waals surface area (Å²) in [5, 5.41) is 0. The number of methoxy groups -OCH3 is 1. The number of benzene rings is 3. The number of para-hydroxylation sites is 1. The van der Waals surface area contributed by atoms with E-state index in [9.17, 15) is 9.59 Å². The summed E-state index contributed by atoms with van der Waals surface area (Å²) in [7, 11) is 1.61. The molecular formula is C30H29N3O3. The van der Waals surface area contributed by atoms with Gasteiger partial charge in [-0.3, -0.25) is 9.59 Å². The number of carbonyl (C=O) groups is 2. The Hall–Kier alpha value is -4.32. The second-order valence-corrected chi connectivity index (χ2v) is 9.06. The summed E-state index contributed by atoms with van der Waals surface area (Å²) in [6.45, 7) is 3.64. The van der Waals surface area contributed by atoms with E-state index in [0.29, 0.717) is 17.7 Å². The Morgan fingerprint density at radius 1 is 0.889 bits per heavy atom. The molecule has 0 fully saturated rings. The Kier molecular flexibility index (Phi) is 6.34. The second kappa shape index (κ2) is 9.74. The Labute approximate surface area is 211 Å². The topological polar surface area (TPSA) is 54.8 Å². The van der Waals surface area contributed by atoms with Gasteiger partial charge >= 0.3 is 0 Å². The van der Waals surface area contributed by atoms with E-state index in [1.165, 1.54) is 0 Å². The molecule has 0 radical (unpaired) electrons. The number of fused-ring (bicyclic) bond motifs is 1. The second-order valence-electron chi connectivity index (χ2n) is 9.06. The number of ether oxygens (including phenoxy) is 1. The highest BCUT2D eigenvalue weighted by molar-refractivity contribution is 6.07. The van der Waals surface area contributed by atoms with Crippen LogP contribution >= 0.6 is 0 Å². The van der Waals surface area contributed by atoms with Gasteiger partial charge < -0.3 is 19.1 Å². The van der Waals surface area contributed by atoms with Crippen LogP contribution in [0.2, 0.25) is 0 Å². The molecule has 0 aliphatic carbocycles. The zero-order chi connectivity index (χ0) is 25.2. The maximum absolute atomic E-state index is 13.6. The quantitative estimate of drug-likeness (QED) is 0.352. The summed E-state index contributed by atoms with van der Waals surface area (Å²) in [6.07, 6.45) is 4.61. The van der Waals surface area contributed by atoms with Crippen LogP contribution in [0.3, 0.4) is 0 Å². The third kappa shape index (κ3) is 4.26. The number of rotatable bonds is 5. The Morgan fingerprint density at radius 2 is 1.56 bits per heavy atom. The molecule has 5 rings (SSSR count). The van der Waals surface area contributed by atoms with Gasteiger partial charge in [0, 0.05) is 48.0 Å². The molecule has 2 heterocycles. The standard InChI is InChI=1S/C30H29N3O3/c1-21-20-29(33(22(2)34)25-14-12-24(13-15-25)31-18-6-7-19-31)27-8-4-5-9-28(27)32(21)30(35)23-10-16-26(36-3)17-11-23/h4-19,21,29H,20H2,1-3H3/t21-,29+/m0/s1. The van der Waals surface area contributed by atoms with Crippen molar-refractivity contribution < 1.29 is 14.3 Å². The summed E-state index contributed by atoms with van der Waals surface area (Å²) in [4.78, 5) is 30.3. The average Bonchev–Trinajstić information content (AvgIpc) is 3.44. The first kappa shape index (κ1) is 23.4. The Balaban J connectivity index is 1.50. The monoisotopic (exact) mass is 479 g/mol. The molecule has 36 heavy (non-hydrogen) atoms. The highest BCUT2D eigenvalue weighted by atomic mass is 16.5. The fourth-order valence-corrected chi connectivity index (χ4v) is 5.08. The molecule has 6 heteroatoms. The van der Waals surface area contributed by atoms with E-state index in [0.717, 1.165) is 22.6 Å². The number of carbonyl (C=O) groups excluding carboxylic acids is 2. The van der Waals surface area contributed by atoms with E-state index < -0.39 is 0 Å². The number of anilines is 2. The van der Waals surface area contributed by atoms with E-state index in [4.69, 9.17) is 4.74 Å². The van der Waals surface area contributed by atoms with Crippen LogP contribution in [0.1, 0.15) is 42.2 Å². The van der Waals surface area contributed by atoms with Gasteiger partial charge in [0.2, 0.25) is 5.91 Å². The van der Waals surface area contributed by atoms with Gasteiger partial charge in [-0.25, -0.2) is 0 Å². The summed E-state index contributed by atoms with van der Waals surface area (Å²) in [6, 6.07) is 26.7. The van der Waals surface area contributed by atoms with Crippen molar-refractivity contribution in [2.24, 2.45) is 0 Å². The highest BCUT2D eigenvalue weighted by Gasteiger charge is 2.38. The zero-order valence-electron chi connectivity index (χ0n) is 20.7. The van der Waals surface area contributed by atoms with Crippen LogP contribution in [0.15, 0.2) is 97.3 Å². The van der Waals surface area contributed by atoms with Crippen molar-refractivity contribution in [1.29, 1.82) is 0 Å². The normalized spacial score (nSPS) is 16.8. The van der Waals surface area contributed by atoms with Crippen molar-refractivity contribution in [2.75, 3.05) is 16.9 Å². The van der Waals surface area contributed by atoms with Gasteiger partial charge in [-0.1, -0.05) is 18.2 Å². The van der Waals surface area contributed by atoms with Crippen LogP contribution in [0.25, 0.3) is 5.69 Å². The Bertz CT molecular complexity index is 1360. The van der Waals surface area contributed by atoms with Gasteiger partial charge in [0.15, 0.2) is 0 Å². The number of hydrogen-bond acceptors (Lipinski definition) is 3. The first-order chi connectivity index (χ1) is 17.5. The van der Waals surface area contributed by atoms with Gasteiger partial charge in [0.1, 0.15) is 5.75 Å². The fraction of sp³-hybridized carbons (Fsp3) is 0.200. The SMILES string of the molecule is COc1ccc(C(=O)N2c3ccccc3[C@H](N(C(C)=O)c3ccc(-n4cccc4)cc3)C[C@@H]2C)cc1. The predicted molar refractivity (Wildman–Crippen MR) is 142 cm³/mol. The molecule has 2 amide bonds. The van der Waals surface area contributed by atoms with Crippen LogP contribution in [-0.4, -0.2) is 29.5 Å². The van der Waals surface area contributed by atoms with Crippen molar-refractivity contribution in [3.05, 3.63) is 108 Å².